The van der Waals surface area contributed by atoms with Crippen LogP contribution in [0.4, 0.5) is 5.69 Å². The van der Waals surface area contributed by atoms with E-state index in [2.05, 4.69) is 0 Å². The van der Waals surface area contributed by atoms with Crippen LogP contribution in [0.3, 0.4) is 0 Å². The van der Waals surface area contributed by atoms with Gasteiger partial charge in [0.05, 0.1) is 28.9 Å². The van der Waals surface area contributed by atoms with E-state index >= 15 is 0 Å². The number of nitriles is 1. The number of nitrogen functional groups attached to an aromatic ring is 1. The fourth-order valence-electron chi connectivity index (χ4n) is 5.43. The van der Waals surface area contributed by atoms with E-state index in [9.17, 15) is 40.1 Å². The van der Waals surface area contributed by atoms with Crippen LogP contribution in [0.25, 0.3) is 5.76 Å². The van der Waals surface area contributed by atoms with Gasteiger partial charge < -0.3 is 31.9 Å². The average molecular weight is 454 g/mol. The fourth-order valence-corrected chi connectivity index (χ4v) is 5.43. The molecular formula is C22H22N4O7. The fraction of sp³-hybridized carbons (Fsp3) is 0.364. The van der Waals surface area contributed by atoms with E-state index in [1.807, 2.05) is 6.07 Å². The largest absolute Gasteiger partial charge is 0.508 e. The molecule has 11 nitrogen and oxygen atoms in total. The molecule has 172 valence electrons. The summed E-state index contributed by atoms with van der Waals surface area (Å²) in [5.74, 6) is -7.56. The minimum atomic E-state index is -2.71. The maximum Gasteiger partial charge on any atom is 0.255 e. The van der Waals surface area contributed by atoms with Gasteiger partial charge in [0, 0.05) is 11.5 Å². The summed E-state index contributed by atoms with van der Waals surface area (Å²) in [6.07, 6.45) is -0.0208. The lowest BCUT2D eigenvalue weighted by molar-refractivity contribution is -0.153. The zero-order valence-electron chi connectivity index (χ0n) is 17.8. The lowest BCUT2D eigenvalue weighted by atomic mass is 9.57. The lowest BCUT2D eigenvalue weighted by Crippen LogP contribution is -2.65. The Kier molecular flexibility index (Phi) is 4.78. The van der Waals surface area contributed by atoms with Crippen LogP contribution in [0.15, 0.2) is 23.0 Å². The minimum Gasteiger partial charge on any atom is -0.508 e. The number of carbonyl (C=O) groups is 3. The minimum absolute atomic E-state index is 0.0330. The monoisotopic (exact) mass is 454 g/mol. The van der Waals surface area contributed by atoms with Crippen molar-refractivity contribution in [2.75, 3.05) is 19.8 Å². The Morgan fingerprint density at radius 2 is 1.91 bits per heavy atom. The molecule has 4 atom stereocenters. The highest BCUT2D eigenvalue weighted by atomic mass is 16.3. The quantitative estimate of drug-likeness (QED) is 0.190. The number of carbonyl (C=O) groups excluding carboxylic acids is 3. The van der Waals surface area contributed by atoms with Crippen LogP contribution < -0.4 is 11.5 Å². The summed E-state index contributed by atoms with van der Waals surface area (Å²) in [5, 5.41) is 53.2. The van der Waals surface area contributed by atoms with Crippen LogP contribution in [0.5, 0.6) is 5.75 Å². The Labute approximate surface area is 187 Å². The van der Waals surface area contributed by atoms with Gasteiger partial charge in [-0.15, -0.1) is 0 Å². The maximum absolute atomic E-state index is 13.6. The molecule has 3 aliphatic rings. The van der Waals surface area contributed by atoms with Gasteiger partial charge in [0.2, 0.25) is 5.78 Å². The lowest BCUT2D eigenvalue weighted by Gasteiger charge is -2.50. The summed E-state index contributed by atoms with van der Waals surface area (Å²) >= 11 is 0. The summed E-state index contributed by atoms with van der Waals surface area (Å²) in [6, 6.07) is 2.04. The van der Waals surface area contributed by atoms with Gasteiger partial charge in [-0.1, -0.05) is 0 Å². The number of aromatic hydroxyl groups is 1. The molecule has 0 spiro atoms. The van der Waals surface area contributed by atoms with Crippen molar-refractivity contribution >= 4 is 28.9 Å². The highest BCUT2D eigenvalue weighted by Crippen LogP contribution is 2.53. The molecule has 0 saturated heterocycles. The van der Waals surface area contributed by atoms with E-state index in [4.69, 9.17) is 11.5 Å². The number of likely N-dealkylation sites (N-methyl/N-ethyl adjacent to an activating group) is 1. The molecule has 0 aliphatic heterocycles. The highest BCUT2D eigenvalue weighted by Gasteiger charge is 2.64. The topological polar surface area (TPSA) is 211 Å². The standard InChI is InChI=1S/C22H22N4O7/c1-26(2)15-10-4-7-3-9-8(6-23)5-11(24)16(27)13(9)17(28)12(7)19(30)22(10,33)20(31)14(18(15)29)21(25)32/h5,7,10,15,27-28,31,33H,3-4,24H2,1-2H3,(H2,25,32)/t7-,10-,15-,22-/m0/s1. The van der Waals surface area contributed by atoms with Gasteiger partial charge in [0.1, 0.15) is 22.8 Å². The first kappa shape index (κ1) is 22.3. The number of hydrogen-bond donors (Lipinski definition) is 6. The Bertz CT molecular complexity index is 1260. The zero-order chi connectivity index (χ0) is 24.6. The van der Waals surface area contributed by atoms with Crippen molar-refractivity contribution in [1.29, 1.82) is 5.26 Å². The third-order valence-electron chi connectivity index (χ3n) is 6.87. The third-order valence-corrected chi connectivity index (χ3v) is 6.87. The molecule has 4 rings (SSSR count). The van der Waals surface area contributed by atoms with Crippen molar-refractivity contribution in [3.05, 3.63) is 39.7 Å². The Morgan fingerprint density at radius 3 is 2.45 bits per heavy atom. The van der Waals surface area contributed by atoms with Crippen LogP contribution in [-0.2, 0) is 20.8 Å². The summed E-state index contributed by atoms with van der Waals surface area (Å²) in [7, 11) is 3.03. The number of ketones is 2. The summed E-state index contributed by atoms with van der Waals surface area (Å²) in [5.41, 5.74) is 7.11. The normalized spacial score (nSPS) is 28.9. The molecule has 1 aromatic carbocycles. The Balaban J connectivity index is 2.02. The second-order valence-electron chi connectivity index (χ2n) is 8.79. The molecule has 1 amide bonds. The van der Waals surface area contributed by atoms with E-state index in [1.54, 1.807) is 0 Å². The van der Waals surface area contributed by atoms with Crippen molar-refractivity contribution < 1.29 is 34.8 Å². The first-order valence-corrected chi connectivity index (χ1v) is 10.1. The van der Waals surface area contributed by atoms with Crippen LogP contribution in [0.2, 0.25) is 0 Å². The number of rotatable bonds is 2. The number of benzene rings is 1. The predicted molar refractivity (Wildman–Crippen MR) is 113 cm³/mol. The van der Waals surface area contributed by atoms with Gasteiger partial charge in [-0.05, 0) is 44.5 Å². The van der Waals surface area contributed by atoms with Gasteiger partial charge in [0.15, 0.2) is 11.4 Å². The summed E-state index contributed by atoms with van der Waals surface area (Å²) in [4.78, 5) is 40.0. The smallest absolute Gasteiger partial charge is 0.255 e. The molecule has 8 N–H and O–H groups in total. The van der Waals surface area contributed by atoms with E-state index in [1.165, 1.54) is 25.1 Å². The number of hydrogen-bond acceptors (Lipinski definition) is 10. The predicted octanol–water partition coefficient (Wildman–Crippen LogP) is -0.582. The molecule has 1 aromatic rings. The number of Topliss-reactive ketones (excluding diaryl/α,β-unsaturated/α-hetero) is 2. The number of nitrogens with two attached hydrogens (primary N) is 2. The van der Waals surface area contributed by atoms with Gasteiger partial charge in [-0.2, -0.15) is 5.26 Å². The zero-order valence-corrected chi connectivity index (χ0v) is 17.8. The molecule has 11 heteroatoms. The molecule has 3 aliphatic carbocycles. The van der Waals surface area contributed by atoms with Crippen LogP contribution in [-0.4, -0.2) is 68.5 Å². The molecule has 1 fully saturated rings. The van der Waals surface area contributed by atoms with Crippen molar-refractivity contribution in [3.8, 4) is 11.8 Å². The van der Waals surface area contributed by atoms with Crippen molar-refractivity contribution in [3.63, 3.8) is 0 Å². The number of aliphatic hydroxyl groups excluding tert-OH is 2. The number of aliphatic hydroxyl groups is 3. The molecule has 0 unspecified atom stereocenters. The molecule has 0 radical (unpaired) electrons. The Morgan fingerprint density at radius 1 is 1.27 bits per heavy atom. The first-order valence-electron chi connectivity index (χ1n) is 10.1. The van der Waals surface area contributed by atoms with Gasteiger partial charge in [-0.3, -0.25) is 19.3 Å². The first-order chi connectivity index (χ1) is 15.4. The number of fused-ring (bicyclic) bond motifs is 3. The number of anilines is 1. The summed E-state index contributed by atoms with van der Waals surface area (Å²) < 4.78 is 0. The number of amides is 1. The molecule has 0 bridgehead atoms. The van der Waals surface area contributed by atoms with Crippen LogP contribution in [0, 0.1) is 23.2 Å². The van der Waals surface area contributed by atoms with Gasteiger partial charge in [-0.25, -0.2) is 0 Å². The molecule has 0 heterocycles. The average Bonchev–Trinajstić information content (AvgIpc) is 2.72. The molecule has 1 saturated carbocycles. The number of primary amides is 1. The van der Waals surface area contributed by atoms with Crippen molar-refractivity contribution in [1.82, 2.24) is 4.90 Å². The molecule has 0 aromatic heterocycles. The van der Waals surface area contributed by atoms with E-state index in [0.717, 1.165) is 0 Å². The molecule has 33 heavy (non-hydrogen) atoms. The third kappa shape index (κ3) is 2.71. The number of phenolic OH excluding ortho intramolecular Hbond substituents is 1. The Hall–Kier alpha value is -3.88. The van der Waals surface area contributed by atoms with E-state index < -0.39 is 63.8 Å². The van der Waals surface area contributed by atoms with E-state index in [-0.39, 0.29) is 40.8 Å². The second kappa shape index (κ2) is 7.06. The van der Waals surface area contributed by atoms with Crippen LogP contribution in [0.1, 0.15) is 23.1 Å². The highest BCUT2D eigenvalue weighted by molar-refractivity contribution is 6.24. The van der Waals surface area contributed by atoms with Crippen LogP contribution >= 0.6 is 0 Å². The van der Waals surface area contributed by atoms with E-state index in [0.29, 0.717) is 0 Å². The number of nitrogens with zero attached hydrogens (tertiary/aromatic N) is 2. The van der Waals surface area contributed by atoms with Crippen molar-refractivity contribution in [2.24, 2.45) is 17.6 Å². The van der Waals surface area contributed by atoms with Gasteiger partial charge in [0.25, 0.3) is 5.91 Å². The molecular weight excluding hydrogens is 432 g/mol. The summed E-state index contributed by atoms with van der Waals surface area (Å²) in [6.45, 7) is 0. The van der Waals surface area contributed by atoms with Crippen molar-refractivity contribution in [2.45, 2.75) is 24.5 Å². The number of phenols is 1. The van der Waals surface area contributed by atoms with Gasteiger partial charge >= 0.3 is 0 Å². The second-order valence-corrected chi connectivity index (χ2v) is 8.79. The maximum atomic E-state index is 13.6. The SMILES string of the molecule is CN(C)[C@@H]1C(=O)C(C(N)=O)=C(O)[C@@]2(O)C(=O)C3=C(O)c4c(O)c(N)cc(C#N)c4C[C@H]3C[C@@H]12.